The second-order valence-corrected chi connectivity index (χ2v) is 8.17. The van der Waals surface area contributed by atoms with E-state index < -0.39 is 5.54 Å². The van der Waals surface area contributed by atoms with Gasteiger partial charge in [-0.3, -0.25) is 0 Å². The van der Waals surface area contributed by atoms with Crippen LogP contribution in [-0.4, -0.2) is 88.2 Å². The molecule has 29 heavy (non-hydrogen) atoms. The van der Waals surface area contributed by atoms with E-state index in [1.807, 2.05) is 0 Å². The lowest BCUT2D eigenvalue weighted by Crippen LogP contribution is -2.44. The lowest BCUT2D eigenvalue weighted by Gasteiger charge is -2.29. The zero-order valence-electron chi connectivity index (χ0n) is 16.5. The van der Waals surface area contributed by atoms with E-state index in [1.54, 1.807) is 6.92 Å². The van der Waals surface area contributed by atoms with Crippen LogP contribution < -0.4 is 20.4 Å². The van der Waals surface area contributed by atoms with E-state index in [0.29, 0.717) is 17.1 Å². The molecule has 11 heteroatoms. The summed E-state index contributed by atoms with van der Waals surface area (Å²) in [6, 6.07) is 0. The van der Waals surface area contributed by atoms with Crippen molar-refractivity contribution < 1.29 is 10.2 Å². The zero-order valence-corrected chi connectivity index (χ0v) is 17.3. The number of aliphatic hydroxyl groups excluding tert-OH is 2. The number of piperazine rings is 1. The molecule has 0 radical (unpaired) electrons. The summed E-state index contributed by atoms with van der Waals surface area (Å²) in [5.74, 6) is 1.67. The Morgan fingerprint density at radius 1 is 1.00 bits per heavy atom. The average Bonchev–Trinajstić information content (AvgIpc) is 3.29. The average molecular weight is 423 g/mol. The minimum atomic E-state index is -0.974. The lowest BCUT2D eigenvalue weighted by atomic mass is 10.1. The van der Waals surface area contributed by atoms with Crippen molar-refractivity contribution in [2.75, 3.05) is 67.6 Å². The Bertz CT molecular complexity index is 867. The third-order valence-corrected chi connectivity index (χ3v) is 5.65. The third-order valence-electron chi connectivity index (χ3n) is 5.38. The maximum Gasteiger partial charge on any atom is 0.229 e. The summed E-state index contributed by atoms with van der Waals surface area (Å²) in [4.78, 5) is 23.0. The van der Waals surface area contributed by atoms with Gasteiger partial charge in [0.25, 0.3) is 0 Å². The molecule has 158 valence electrons. The number of halogens is 1. The van der Waals surface area contributed by atoms with Crippen molar-refractivity contribution >= 4 is 40.3 Å². The molecule has 0 aliphatic carbocycles. The fraction of sp³-hybridized carbons (Fsp3) is 0.667. The molecular weight excluding hydrogens is 396 g/mol. The molecule has 2 aliphatic rings. The van der Waals surface area contributed by atoms with Crippen LogP contribution >= 0.6 is 11.6 Å². The van der Waals surface area contributed by atoms with Gasteiger partial charge < -0.3 is 30.6 Å². The molecule has 2 fully saturated rings. The molecule has 0 saturated carbocycles. The van der Waals surface area contributed by atoms with Gasteiger partial charge >= 0.3 is 0 Å². The van der Waals surface area contributed by atoms with Gasteiger partial charge in [-0.05, 0) is 19.8 Å². The first-order chi connectivity index (χ1) is 14.0. The summed E-state index contributed by atoms with van der Waals surface area (Å²) in [6.07, 6.45) is 2.22. The van der Waals surface area contributed by atoms with E-state index in [9.17, 15) is 10.2 Å². The molecule has 2 aromatic rings. The normalized spacial score (nSPS) is 17.9. The second-order valence-electron chi connectivity index (χ2n) is 7.82. The number of hydrogen-bond donors (Lipinski definition) is 4. The summed E-state index contributed by atoms with van der Waals surface area (Å²) in [5, 5.41) is 25.7. The van der Waals surface area contributed by atoms with Crippen molar-refractivity contribution in [2.24, 2.45) is 0 Å². The summed E-state index contributed by atoms with van der Waals surface area (Å²) in [6.45, 7) is 6.35. The number of aliphatic hydroxyl groups is 2. The van der Waals surface area contributed by atoms with Crippen LogP contribution in [0, 0.1) is 0 Å². The molecule has 0 bridgehead atoms. The Hall–Kier alpha value is -2.01. The van der Waals surface area contributed by atoms with E-state index in [2.05, 4.69) is 35.4 Å². The molecule has 4 rings (SSSR count). The number of nitrogens with one attached hydrogen (secondary N) is 2. The third kappa shape index (κ3) is 4.16. The highest BCUT2D eigenvalue weighted by atomic mass is 35.5. The highest BCUT2D eigenvalue weighted by Crippen LogP contribution is 2.31. The van der Waals surface area contributed by atoms with E-state index in [-0.39, 0.29) is 24.2 Å². The quantitative estimate of drug-likeness (QED) is 0.514. The van der Waals surface area contributed by atoms with Crippen molar-refractivity contribution in [2.45, 2.75) is 25.3 Å². The molecule has 4 heterocycles. The molecule has 0 unspecified atom stereocenters. The van der Waals surface area contributed by atoms with Gasteiger partial charge in [0.1, 0.15) is 0 Å². The molecule has 0 aromatic carbocycles. The summed E-state index contributed by atoms with van der Waals surface area (Å²) < 4.78 is 0. The van der Waals surface area contributed by atoms with E-state index in [0.717, 1.165) is 57.9 Å². The maximum atomic E-state index is 9.59. The molecule has 0 amide bonds. The minimum absolute atomic E-state index is 0.157. The van der Waals surface area contributed by atoms with Gasteiger partial charge in [-0.1, -0.05) is 11.6 Å². The lowest BCUT2D eigenvalue weighted by molar-refractivity contribution is 0.147. The minimum Gasteiger partial charge on any atom is -0.394 e. The first-order valence-corrected chi connectivity index (χ1v) is 10.4. The largest absolute Gasteiger partial charge is 0.394 e. The highest BCUT2D eigenvalue weighted by Gasteiger charge is 2.27. The van der Waals surface area contributed by atoms with Crippen LogP contribution in [0.5, 0.6) is 0 Å². The van der Waals surface area contributed by atoms with E-state index in [4.69, 9.17) is 16.6 Å². The van der Waals surface area contributed by atoms with Gasteiger partial charge in [0.05, 0.1) is 18.8 Å². The Morgan fingerprint density at radius 3 is 2.34 bits per heavy atom. The summed E-state index contributed by atoms with van der Waals surface area (Å²) in [5.41, 5.74) is 0.0367. The molecule has 0 atom stereocenters. The van der Waals surface area contributed by atoms with Crippen LogP contribution in [0.1, 0.15) is 19.8 Å². The predicted molar refractivity (Wildman–Crippen MR) is 113 cm³/mol. The number of rotatable bonds is 6. The van der Waals surface area contributed by atoms with Gasteiger partial charge in [0.2, 0.25) is 5.95 Å². The fourth-order valence-corrected chi connectivity index (χ4v) is 3.73. The van der Waals surface area contributed by atoms with Crippen LogP contribution in [0.3, 0.4) is 0 Å². The first kappa shape index (κ1) is 20.3. The standard InChI is InChI=1S/C18H27ClN8O2/c1-18(10-28,11-29)25-15-13(19)21-12-14(22-15)23-17(27-8-4-20-5-9-27)24-16(12)26-6-2-3-7-26/h20,28-29H,2-11H2,1H3,(H,22,23,24,25). The maximum absolute atomic E-state index is 9.59. The fourth-order valence-electron chi connectivity index (χ4n) is 3.55. The van der Waals surface area contributed by atoms with Gasteiger partial charge in [0, 0.05) is 39.3 Å². The van der Waals surface area contributed by atoms with Gasteiger partial charge in [-0.15, -0.1) is 0 Å². The molecule has 2 aromatic heterocycles. The van der Waals surface area contributed by atoms with Crippen molar-refractivity contribution in [3.05, 3.63) is 5.15 Å². The Kier molecular flexibility index (Phi) is 5.86. The number of hydrogen-bond acceptors (Lipinski definition) is 10. The van der Waals surface area contributed by atoms with Crippen LogP contribution in [-0.2, 0) is 0 Å². The molecular formula is C18H27ClN8O2. The predicted octanol–water partition coefficient (Wildman–Crippen LogP) is 0.238. The van der Waals surface area contributed by atoms with Crippen LogP contribution in [0.4, 0.5) is 17.6 Å². The van der Waals surface area contributed by atoms with Gasteiger partial charge in [-0.2, -0.15) is 9.97 Å². The van der Waals surface area contributed by atoms with Crippen molar-refractivity contribution in [1.82, 2.24) is 25.3 Å². The topological polar surface area (TPSA) is 123 Å². The van der Waals surface area contributed by atoms with E-state index in [1.165, 1.54) is 0 Å². The van der Waals surface area contributed by atoms with Gasteiger partial charge in [-0.25, -0.2) is 9.97 Å². The van der Waals surface area contributed by atoms with Crippen LogP contribution in [0.25, 0.3) is 11.2 Å². The van der Waals surface area contributed by atoms with Crippen LogP contribution in [0.2, 0.25) is 5.15 Å². The van der Waals surface area contributed by atoms with Crippen LogP contribution in [0.15, 0.2) is 0 Å². The Morgan fingerprint density at radius 2 is 1.69 bits per heavy atom. The van der Waals surface area contributed by atoms with E-state index >= 15 is 0 Å². The number of anilines is 3. The number of aromatic nitrogens is 4. The second kappa shape index (κ2) is 8.39. The zero-order chi connectivity index (χ0) is 20.4. The Labute approximate surface area is 174 Å². The SMILES string of the molecule is CC(CO)(CO)Nc1nc2nc(N3CCNCC3)nc(N3CCCC3)c2nc1Cl. The number of nitrogens with zero attached hydrogens (tertiary/aromatic N) is 6. The first-order valence-electron chi connectivity index (χ1n) is 9.99. The summed E-state index contributed by atoms with van der Waals surface area (Å²) in [7, 11) is 0. The monoisotopic (exact) mass is 422 g/mol. The molecule has 4 N–H and O–H groups in total. The number of fused-ring (bicyclic) bond motifs is 1. The molecule has 10 nitrogen and oxygen atoms in total. The van der Waals surface area contributed by atoms with Gasteiger partial charge in [0.15, 0.2) is 28.0 Å². The molecule has 2 aliphatic heterocycles. The highest BCUT2D eigenvalue weighted by molar-refractivity contribution is 6.32. The smallest absolute Gasteiger partial charge is 0.229 e. The summed E-state index contributed by atoms with van der Waals surface area (Å²) >= 11 is 6.40. The molecule has 0 spiro atoms. The van der Waals surface area contributed by atoms with Crippen molar-refractivity contribution in [3.63, 3.8) is 0 Å². The Balaban J connectivity index is 1.80. The van der Waals surface area contributed by atoms with Crippen molar-refractivity contribution in [1.29, 1.82) is 0 Å². The van der Waals surface area contributed by atoms with Crippen molar-refractivity contribution in [3.8, 4) is 0 Å². The molecule has 2 saturated heterocycles.